The molecule has 0 aromatic heterocycles. The molecular formula is C37H42BrN3O4S. The van der Waals surface area contributed by atoms with Gasteiger partial charge in [-0.15, -0.1) is 0 Å². The number of benzene rings is 4. The van der Waals surface area contributed by atoms with Gasteiger partial charge in [0.1, 0.15) is 12.6 Å². The molecule has 0 fully saturated rings. The summed E-state index contributed by atoms with van der Waals surface area (Å²) in [5, 5.41) is 3.06. The van der Waals surface area contributed by atoms with Gasteiger partial charge in [-0.3, -0.25) is 13.9 Å². The summed E-state index contributed by atoms with van der Waals surface area (Å²) in [6.45, 7) is 10.9. The molecule has 4 aromatic rings. The van der Waals surface area contributed by atoms with Crippen molar-refractivity contribution in [3.05, 3.63) is 129 Å². The Morgan fingerprint density at radius 3 is 2.04 bits per heavy atom. The molecule has 0 bridgehead atoms. The molecule has 0 aliphatic heterocycles. The van der Waals surface area contributed by atoms with Crippen LogP contribution in [0.1, 0.15) is 48.6 Å². The van der Waals surface area contributed by atoms with Gasteiger partial charge in [0.2, 0.25) is 11.8 Å². The Kier molecular flexibility index (Phi) is 11.1. The molecule has 0 saturated heterocycles. The predicted octanol–water partition coefficient (Wildman–Crippen LogP) is 7.12. The van der Waals surface area contributed by atoms with E-state index in [-0.39, 0.29) is 23.8 Å². The number of carbonyl (C=O) groups is 2. The zero-order valence-corrected chi connectivity index (χ0v) is 29.7. The van der Waals surface area contributed by atoms with E-state index in [2.05, 4.69) is 21.2 Å². The standard InChI is InChI=1S/C37H42BrN3O4S/c1-26-15-21-32(22-16-26)46(44,45)41(33-14-10-11-27(2)28(33)3)25-35(42)40(24-30-17-19-31(38)20-18-30)34(36(43)39-37(4,5)6)23-29-12-8-7-9-13-29/h7-22,34H,23-25H2,1-6H3,(H,39,43)/t34-/m1/s1. The quantitative estimate of drug-likeness (QED) is 0.180. The number of hydrogen-bond donors (Lipinski definition) is 1. The first kappa shape index (κ1) is 34.9. The molecule has 0 aliphatic carbocycles. The third kappa shape index (κ3) is 8.85. The second-order valence-electron chi connectivity index (χ2n) is 12.6. The average molecular weight is 705 g/mol. The maximum Gasteiger partial charge on any atom is 0.264 e. The van der Waals surface area contributed by atoms with Crippen molar-refractivity contribution in [3.8, 4) is 0 Å². The number of aryl methyl sites for hydroxylation is 2. The van der Waals surface area contributed by atoms with Gasteiger partial charge < -0.3 is 10.2 Å². The second-order valence-corrected chi connectivity index (χ2v) is 15.4. The molecular weight excluding hydrogens is 662 g/mol. The molecule has 0 radical (unpaired) electrons. The molecule has 0 spiro atoms. The Balaban J connectivity index is 1.84. The lowest BCUT2D eigenvalue weighted by Crippen LogP contribution is -2.56. The van der Waals surface area contributed by atoms with E-state index in [1.807, 2.05) is 102 Å². The molecule has 0 heterocycles. The van der Waals surface area contributed by atoms with E-state index in [0.717, 1.165) is 32.3 Å². The molecule has 242 valence electrons. The summed E-state index contributed by atoms with van der Waals surface area (Å²) >= 11 is 3.47. The zero-order chi connectivity index (χ0) is 33.6. The van der Waals surface area contributed by atoms with Crippen LogP contribution in [0, 0.1) is 20.8 Å². The minimum absolute atomic E-state index is 0.0811. The molecule has 7 nitrogen and oxygen atoms in total. The molecule has 2 amide bonds. The van der Waals surface area contributed by atoms with Crippen molar-refractivity contribution in [3.63, 3.8) is 0 Å². The molecule has 0 unspecified atom stereocenters. The van der Waals surface area contributed by atoms with Gasteiger partial charge in [-0.05, 0) is 94.1 Å². The van der Waals surface area contributed by atoms with Gasteiger partial charge >= 0.3 is 0 Å². The van der Waals surface area contributed by atoms with E-state index in [0.29, 0.717) is 5.69 Å². The minimum Gasteiger partial charge on any atom is -0.350 e. The van der Waals surface area contributed by atoms with Crippen LogP contribution in [0.5, 0.6) is 0 Å². The maximum absolute atomic E-state index is 14.7. The normalized spacial score (nSPS) is 12.3. The van der Waals surface area contributed by atoms with Crippen LogP contribution in [0.2, 0.25) is 0 Å². The van der Waals surface area contributed by atoms with Crippen molar-refractivity contribution in [2.24, 2.45) is 0 Å². The van der Waals surface area contributed by atoms with Gasteiger partial charge in [0.05, 0.1) is 10.6 Å². The number of carbonyl (C=O) groups excluding carboxylic acids is 2. The number of nitrogens with one attached hydrogen (secondary N) is 1. The van der Waals surface area contributed by atoms with E-state index < -0.39 is 34.1 Å². The third-order valence-corrected chi connectivity index (χ3v) is 10.1. The van der Waals surface area contributed by atoms with Crippen LogP contribution in [0.25, 0.3) is 0 Å². The molecule has 4 aromatic carbocycles. The fourth-order valence-corrected chi connectivity index (χ4v) is 6.89. The predicted molar refractivity (Wildman–Crippen MR) is 188 cm³/mol. The molecule has 1 atom stereocenters. The Bertz CT molecular complexity index is 1770. The first-order valence-electron chi connectivity index (χ1n) is 15.2. The van der Waals surface area contributed by atoms with E-state index in [1.54, 1.807) is 36.4 Å². The summed E-state index contributed by atoms with van der Waals surface area (Å²) in [5.74, 6) is -0.814. The molecule has 9 heteroatoms. The maximum atomic E-state index is 14.7. The lowest BCUT2D eigenvalue weighted by atomic mass is 10.0. The lowest BCUT2D eigenvalue weighted by Gasteiger charge is -2.35. The number of anilines is 1. The zero-order valence-electron chi connectivity index (χ0n) is 27.2. The number of nitrogens with zero attached hydrogens (tertiary/aromatic N) is 2. The summed E-state index contributed by atoms with van der Waals surface area (Å²) in [5.41, 5.74) is 4.10. The van der Waals surface area contributed by atoms with E-state index >= 15 is 0 Å². The van der Waals surface area contributed by atoms with Crippen molar-refractivity contribution >= 4 is 43.5 Å². The number of halogens is 1. The summed E-state index contributed by atoms with van der Waals surface area (Å²) in [6.07, 6.45) is 0.249. The highest BCUT2D eigenvalue weighted by atomic mass is 79.9. The fourth-order valence-electron chi connectivity index (χ4n) is 5.15. The topological polar surface area (TPSA) is 86.8 Å². The molecule has 46 heavy (non-hydrogen) atoms. The summed E-state index contributed by atoms with van der Waals surface area (Å²) in [7, 11) is -4.17. The fraction of sp³-hybridized carbons (Fsp3) is 0.297. The van der Waals surface area contributed by atoms with Crippen molar-refractivity contribution < 1.29 is 18.0 Å². The van der Waals surface area contributed by atoms with E-state index in [9.17, 15) is 18.0 Å². The third-order valence-electron chi connectivity index (χ3n) is 7.77. The van der Waals surface area contributed by atoms with Gasteiger partial charge in [-0.2, -0.15) is 0 Å². The highest BCUT2D eigenvalue weighted by Gasteiger charge is 2.36. The first-order chi connectivity index (χ1) is 21.7. The van der Waals surface area contributed by atoms with Gasteiger partial charge in [0.15, 0.2) is 0 Å². The monoisotopic (exact) mass is 703 g/mol. The van der Waals surface area contributed by atoms with Gasteiger partial charge in [-0.1, -0.05) is 88.2 Å². The summed E-state index contributed by atoms with van der Waals surface area (Å²) in [6, 6.07) is 28.1. The molecule has 1 N–H and O–H groups in total. The van der Waals surface area contributed by atoms with Crippen LogP contribution in [-0.4, -0.2) is 43.3 Å². The summed E-state index contributed by atoms with van der Waals surface area (Å²) < 4.78 is 30.7. The lowest BCUT2D eigenvalue weighted by molar-refractivity contribution is -0.140. The second kappa shape index (κ2) is 14.6. The Labute approximate surface area is 281 Å². The van der Waals surface area contributed by atoms with Gasteiger partial charge in [0.25, 0.3) is 10.0 Å². The minimum atomic E-state index is -4.17. The van der Waals surface area contributed by atoms with Crippen molar-refractivity contribution in [2.45, 2.75) is 71.0 Å². The van der Waals surface area contributed by atoms with Gasteiger partial charge in [-0.25, -0.2) is 8.42 Å². The largest absolute Gasteiger partial charge is 0.350 e. The van der Waals surface area contributed by atoms with Crippen LogP contribution >= 0.6 is 15.9 Å². The van der Waals surface area contributed by atoms with Crippen molar-refractivity contribution in [1.82, 2.24) is 10.2 Å². The van der Waals surface area contributed by atoms with Gasteiger partial charge in [0, 0.05) is 23.0 Å². The Hall–Kier alpha value is -3.95. The number of amides is 2. The Morgan fingerprint density at radius 1 is 0.804 bits per heavy atom. The average Bonchev–Trinajstić information content (AvgIpc) is 3.00. The molecule has 0 saturated carbocycles. The summed E-state index contributed by atoms with van der Waals surface area (Å²) in [4.78, 5) is 30.3. The molecule has 4 rings (SSSR count). The highest BCUT2D eigenvalue weighted by Crippen LogP contribution is 2.29. The number of rotatable bonds is 11. The van der Waals surface area contributed by atoms with Crippen molar-refractivity contribution in [2.75, 3.05) is 10.8 Å². The van der Waals surface area contributed by atoms with E-state index in [4.69, 9.17) is 0 Å². The first-order valence-corrected chi connectivity index (χ1v) is 17.4. The number of hydrogen-bond acceptors (Lipinski definition) is 4. The highest BCUT2D eigenvalue weighted by molar-refractivity contribution is 9.10. The van der Waals surface area contributed by atoms with Crippen LogP contribution in [0.15, 0.2) is 106 Å². The van der Waals surface area contributed by atoms with Crippen LogP contribution < -0.4 is 9.62 Å². The SMILES string of the molecule is Cc1ccc(S(=O)(=O)N(CC(=O)N(Cc2ccc(Br)cc2)[C@H](Cc2ccccc2)C(=O)NC(C)(C)C)c2cccc(C)c2C)cc1. The van der Waals surface area contributed by atoms with Crippen LogP contribution in [0.3, 0.4) is 0 Å². The Morgan fingerprint density at radius 2 is 1.43 bits per heavy atom. The van der Waals surface area contributed by atoms with Crippen LogP contribution in [-0.2, 0) is 32.6 Å². The van der Waals surface area contributed by atoms with E-state index in [1.165, 1.54) is 9.21 Å². The van der Waals surface area contributed by atoms with Crippen molar-refractivity contribution in [1.29, 1.82) is 0 Å². The smallest absolute Gasteiger partial charge is 0.264 e. The van der Waals surface area contributed by atoms with Crippen LogP contribution in [0.4, 0.5) is 5.69 Å². The number of sulfonamides is 1. The molecule has 0 aliphatic rings.